The molecule has 0 fully saturated rings. The lowest BCUT2D eigenvalue weighted by Gasteiger charge is -2.02. The number of halogens is 1. The van der Waals surface area contributed by atoms with Gasteiger partial charge in [-0.3, -0.25) is 0 Å². The Labute approximate surface area is 86.7 Å². The predicted octanol–water partition coefficient (Wildman–Crippen LogP) is 2.71. The van der Waals surface area contributed by atoms with Crippen molar-refractivity contribution in [2.45, 2.75) is 12.3 Å². The van der Waals surface area contributed by atoms with Crippen LogP contribution < -0.4 is 0 Å². The molecule has 3 nitrogen and oxygen atoms in total. The zero-order chi connectivity index (χ0) is 9.97. The van der Waals surface area contributed by atoms with Gasteiger partial charge in [0.1, 0.15) is 5.38 Å². The molecular formula is C10H9ClN2O. The topological polar surface area (TPSA) is 38.9 Å². The Balaban J connectivity index is 2.29. The van der Waals surface area contributed by atoms with Crippen molar-refractivity contribution in [2.24, 2.45) is 0 Å². The van der Waals surface area contributed by atoms with Gasteiger partial charge >= 0.3 is 0 Å². The summed E-state index contributed by atoms with van der Waals surface area (Å²) in [6, 6.07) is 9.64. The SMILES string of the molecule is Cc1noc(C(Cl)c2ccccc2)n1. The molecule has 0 aliphatic carbocycles. The van der Waals surface area contributed by atoms with Crippen molar-refractivity contribution in [3.05, 3.63) is 47.6 Å². The van der Waals surface area contributed by atoms with E-state index in [1.807, 2.05) is 30.3 Å². The summed E-state index contributed by atoms with van der Waals surface area (Å²) in [5.41, 5.74) is 0.956. The van der Waals surface area contributed by atoms with Gasteiger partial charge in [0.25, 0.3) is 0 Å². The molecule has 0 saturated carbocycles. The van der Waals surface area contributed by atoms with Crippen LogP contribution in [-0.4, -0.2) is 10.1 Å². The first-order valence-electron chi connectivity index (χ1n) is 4.26. The first-order valence-corrected chi connectivity index (χ1v) is 4.70. The molecule has 0 aliphatic heterocycles. The molecule has 1 aromatic carbocycles. The van der Waals surface area contributed by atoms with Gasteiger partial charge < -0.3 is 4.52 Å². The number of nitrogens with zero attached hydrogens (tertiary/aromatic N) is 2. The normalized spacial score (nSPS) is 12.7. The molecule has 72 valence electrons. The Bertz CT molecular complexity index is 413. The van der Waals surface area contributed by atoms with Crippen LogP contribution in [0.15, 0.2) is 34.9 Å². The van der Waals surface area contributed by atoms with E-state index in [9.17, 15) is 0 Å². The Hall–Kier alpha value is -1.35. The van der Waals surface area contributed by atoms with Crippen LogP contribution in [0.5, 0.6) is 0 Å². The van der Waals surface area contributed by atoms with Gasteiger partial charge in [0.15, 0.2) is 5.82 Å². The van der Waals surface area contributed by atoms with E-state index >= 15 is 0 Å². The summed E-state index contributed by atoms with van der Waals surface area (Å²) < 4.78 is 4.99. The molecule has 0 amide bonds. The van der Waals surface area contributed by atoms with Gasteiger partial charge in [-0.05, 0) is 12.5 Å². The van der Waals surface area contributed by atoms with E-state index in [1.165, 1.54) is 0 Å². The summed E-state index contributed by atoms with van der Waals surface area (Å²) in [5.74, 6) is 1.04. The standard InChI is InChI=1S/C10H9ClN2O/c1-7-12-10(14-13-7)9(11)8-5-3-2-4-6-8/h2-6,9H,1H3. The number of aryl methyl sites for hydroxylation is 1. The van der Waals surface area contributed by atoms with Crippen LogP contribution in [-0.2, 0) is 0 Å². The van der Waals surface area contributed by atoms with Crippen molar-refractivity contribution in [3.63, 3.8) is 0 Å². The van der Waals surface area contributed by atoms with Crippen molar-refractivity contribution < 1.29 is 4.52 Å². The highest BCUT2D eigenvalue weighted by Crippen LogP contribution is 2.26. The molecule has 4 heteroatoms. The van der Waals surface area contributed by atoms with Crippen molar-refractivity contribution in [2.75, 3.05) is 0 Å². The zero-order valence-electron chi connectivity index (χ0n) is 7.64. The zero-order valence-corrected chi connectivity index (χ0v) is 8.40. The maximum Gasteiger partial charge on any atom is 0.249 e. The van der Waals surface area contributed by atoms with Crippen molar-refractivity contribution >= 4 is 11.6 Å². The smallest absolute Gasteiger partial charge is 0.249 e. The maximum absolute atomic E-state index is 6.15. The second kappa shape index (κ2) is 3.80. The second-order valence-electron chi connectivity index (χ2n) is 2.95. The highest BCUT2D eigenvalue weighted by atomic mass is 35.5. The first kappa shape index (κ1) is 9.21. The van der Waals surface area contributed by atoms with E-state index in [0.29, 0.717) is 11.7 Å². The molecule has 2 aromatic rings. The third kappa shape index (κ3) is 1.77. The maximum atomic E-state index is 6.15. The summed E-state index contributed by atoms with van der Waals surface area (Å²) in [7, 11) is 0. The Kier molecular flexibility index (Phi) is 2.50. The molecule has 0 spiro atoms. The lowest BCUT2D eigenvalue weighted by atomic mass is 10.1. The van der Waals surface area contributed by atoms with Crippen LogP contribution in [0.3, 0.4) is 0 Å². The monoisotopic (exact) mass is 208 g/mol. The van der Waals surface area contributed by atoms with Crippen molar-refractivity contribution in [3.8, 4) is 0 Å². The molecule has 0 aliphatic rings. The third-order valence-corrected chi connectivity index (χ3v) is 2.29. The molecule has 1 aromatic heterocycles. The largest absolute Gasteiger partial charge is 0.337 e. The molecule has 0 N–H and O–H groups in total. The van der Waals surface area contributed by atoms with E-state index in [1.54, 1.807) is 6.92 Å². The highest BCUT2D eigenvalue weighted by molar-refractivity contribution is 6.22. The Morgan fingerprint density at radius 3 is 2.57 bits per heavy atom. The van der Waals surface area contributed by atoms with Gasteiger partial charge in [-0.25, -0.2) is 0 Å². The molecule has 2 rings (SSSR count). The number of rotatable bonds is 2. The highest BCUT2D eigenvalue weighted by Gasteiger charge is 2.16. The fraction of sp³-hybridized carbons (Fsp3) is 0.200. The molecule has 0 bridgehead atoms. The summed E-state index contributed by atoms with van der Waals surface area (Å²) in [5, 5.41) is 3.33. The number of alkyl halides is 1. The summed E-state index contributed by atoms with van der Waals surface area (Å²) in [6.45, 7) is 1.77. The summed E-state index contributed by atoms with van der Waals surface area (Å²) in [6.07, 6.45) is 0. The van der Waals surface area contributed by atoms with Crippen LogP contribution in [0.4, 0.5) is 0 Å². The van der Waals surface area contributed by atoms with Crippen LogP contribution in [0.1, 0.15) is 22.7 Å². The fourth-order valence-electron chi connectivity index (χ4n) is 1.18. The molecule has 0 saturated heterocycles. The Morgan fingerprint density at radius 2 is 2.00 bits per heavy atom. The lowest BCUT2D eigenvalue weighted by molar-refractivity contribution is 0.378. The van der Waals surface area contributed by atoms with Gasteiger partial charge in [-0.1, -0.05) is 35.5 Å². The predicted molar refractivity (Wildman–Crippen MR) is 53.2 cm³/mol. The average Bonchev–Trinajstić information content (AvgIpc) is 2.65. The van der Waals surface area contributed by atoms with Crippen molar-refractivity contribution in [1.29, 1.82) is 0 Å². The second-order valence-corrected chi connectivity index (χ2v) is 3.39. The van der Waals surface area contributed by atoms with Gasteiger partial charge in [-0.2, -0.15) is 4.98 Å². The Morgan fingerprint density at radius 1 is 1.29 bits per heavy atom. The van der Waals surface area contributed by atoms with E-state index in [2.05, 4.69) is 10.1 Å². The summed E-state index contributed by atoms with van der Waals surface area (Å²) in [4.78, 5) is 4.08. The molecule has 1 atom stereocenters. The molecule has 14 heavy (non-hydrogen) atoms. The molecular weight excluding hydrogens is 200 g/mol. The minimum absolute atomic E-state index is 0.364. The van der Waals surface area contributed by atoms with Gasteiger partial charge in [-0.15, -0.1) is 11.6 Å². The molecule has 1 unspecified atom stereocenters. The number of hydrogen-bond acceptors (Lipinski definition) is 3. The third-order valence-electron chi connectivity index (χ3n) is 1.85. The van der Waals surface area contributed by atoms with Crippen LogP contribution in [0.2, 0.25) is 0 Å². The van der Waals surface area contributed by atoms with Gasteiger partial charge in [0, 0.05) is 0 Å². The molecule has 1 heterocycles. The summed E-state index contributed by atoms with van der Waals surface area (Å²) >= 11 is 6.15. The fourth-order valence-corrected chi connectivity index (χ4v) is 1.41. The van der Waals surface area contributed by atoms with Crippen molar-refractivity contribution in [1.82, 2.24) is 10.1 Å². The van der Waals surface area contributed by atoms with E-state index in [-0.39, 0.29) is 5.38 Å². The quantitative estimate of drug-likeness (QED) is 0.713. The average molecular weight is 209 g/mol. The number of aromatic nitrogens is 2. The van der Waals surface area contributed by atoms with Gasteiger partial charge in [0.2, 0.25) is 5.89 Å². The van der Waals surface area contributed by atoms with Crippen LogP contribution >= 0.6 is 11.6 Å². The minimum atomic E-state index is -0.364. The van der Waals surface area contributed by atoms with Crippen LogP contribution in [0.25, 0.3) is 0 Å². The van der Waals surface area contributed by atoms with E-state index < -0.39 is 0 Å². The van der Waals surface area contributed by atoms with Gasteiger partial charge in [0.05, 0.1) is 0 Å². The minimum Gasteiger partial charge on any atom is -0.337 e. The number of benzene rings is 1. The molecule has 0 radical (unpaired) electrons. The van der Waals surface area contributed by atoms with Crippen LogP contribution in [0, 0.1) is 6.92 Å². The van der Waals surface area contributed by atoms with E-state index in [0.717, 1.165) is 5.56 Å². The number of hydrogen-bond donors (Lipinski definition) is 0. The van der Waals surface area contributed by atoms with E-state index in [4.69, 9.17) is 16.1 Å². The first-order chi connectivity index (χ1) is 6.77. The lowest BCUT2D eigenvalue weighted by Crippen LogP contribution is -1.92.